The van der Waals surface area contributed by atoms with Crippen molar-refractivity contribution in [2.75, 3.05) is 13.1 Å². The Morgan fingerprint density at radius 2 is 2.00 bits per heavy atom. The van der Waals surface area contributed by atoms with Crippen molar-refractivity contribution >= 4 is 27.9 Å². The van der Waals surface area contributed by atoms with Crippen LogP contribution in [0.4, 0.5) is 4.79 Å². The van der Waals surface area contributed by atoms with Gasteiger partial charge in [0, 0.05) is 24.0 Å². The van der Waals surface area contributed by atoms with Crippen LogP contribution in [-0.2, 0) is 16.0 Å². The average Bonchev–Trinajstić information content (AvgIpc) is 2.41. The van der Waals surface area contributed by atoms with E-state index < -0.39 is 5.60 Å². The molecule has 0 bridgehead atoms. The molecule has 0 unspecified atom stereocenters. The third-order valence-electron chi connectivity index (χ3n) is 3.83. The fourth-order valence-electron chi connectivity index (χ4n) is 2.50. The van der Waals surface area contributed by atoms with Gasteiger partial charge in [-0.2, -0.15) is 0 Å². The number of amides is 2. The van der Waals surface area contributed by atoms with Crippen molar-refractivity contribution in [3.8, 4) is 0 Å². The first kappa shape index (κ1) is 18.8. The van der Waals surface area contributed by atoms with E-state index in [-0.39, 0.29) is 18.0 Å². The van der Waals surface area contributed by atoms with Gasteiger partial charge in [0.2, 0.25) is 5.91 Å². The number of halogens is 1. The standard InChI is InChI=1S/C18H25BrN2O3/c1-12-5-7-14(19)9-13(12)6-8-16(22)20-15-10-21(11-15)17(23)24-18(2,3)4/h5,7,9,15H,6,8,10-11H2,1-4H3,(H,20,22). The van der Waals surface area contributed by atoms with E-state index in [1.54, 1.807) is 4.90 Å². The Balaban J connectivity index is 1.71. The summed E-state index contributed by atoms with van der Waals surface area (Å²) < 4.78 is 6.32. The molecular formula is C18H25BrN2O3. The normalized spacial score (nSPS) is 15.0. The number of ether oxygens (including phenoxy) is 1. The highest BCUT2D eigenvalue weighted by Crippen LogP contribution is 2.18. The zero-order valence-electron chi connectivity index (χ0n) is 14.7. The van der Waals surface area contributed by atoms with Crippen molar-refractivity contribution in [1.82, 2.24) is 10.2 Å². The summed E-state index contributed by atoms with van der Waals surface area (Å²) in [5, 5.41) is 2.97. The molecule has 2 rings (SSSR count). The Morgan fingerprint density at radius 1 is 1.33 bits per heavy atom. The predicted octanol–water partition coefficient (Wildman–Crippen LogP) is 3.43. The van der Waals surface area contributed by atoms with Gasteiger partial charge in [-0.05, 0) is 57.4 Å². The summed E-state index contributed by atoms with van der Waals surface area (Å²) in [7, 11) is 0. The lowest BCUT2D eigenvalue weighted by molar-refractivity contribution is -0.122. The maximum Gasteiger partial charge on any atom is 0.410 e. The summed E-state index contributed by atoms with van der Waals surface area (Å²) in [4.78, 5) is 25.5. The van der Waals surface area contributed by atoms with Crippen LogP contribution < -0.4 is 5.32 Å². The molecule has 24 heavy (non-hydrogen) atoms. The lowest BCUT2D eigenvalue weighted by atomic mass is 10.0. The molecule has 1 aromatic rings. The van der Waals surface area contributed by atoms with Gasteiger partial charge in [0.05, 0.1) is 6.04 Å². The molecule has 1 aliphatic rings. The lowest BCUT2D eigenvalue weighted by Crippen LogP contribution is -2.61. The van der Waals surface area contributed by atoms with Crippen molar-refractivity contribution in [1.29, 1.82) is 0 Å². The molecule has 0 saturated carbocycles. The first-order valence-electron chi connectivity index (χ1n) is 8.16. The van der Waals surface area contributed by atoms with Gasteiger partial charge in [-0.3, -0.25) is 4.79 Å². The van der Waals surface area contributed by atoms with Crippen molar-refractivity contribution in [2.45, 2.75) is 52.2 Å². The molecule has 6 heteroatoms. The molecule has 2 amide bonds. The number of carbonyl (C=O) groups excluding carboxylic acids is 2. The van der Waals surface area contributed by atoms with Crippen molar-refractivity contribution in [3.63, 3.8) is 0 Å². The Kier molecular flexibility index (Phi) is 5.91. The zero-order chi connectivity index (χ0) is 17.9. The Labute approximate surface area is 151 Å². The Bertz CT molecular complexity index is 619. The molecule has 1 heterocycles. The second kappa shape index (κ2) is 7.55. The minimum absolute atomic E-state index is 0.0169. The SMILES string of the molecule is Cc1ccc(Br)cc1CCC(=O)NC1CN(C(=O)OC(C)(C)C)C1. The molecule has 5 nitrogen and oxygen atoms in total. The Morgan fingerprint density at radius 3 is 2.62 bits per heavy atom. The van der Waals surface area contributed by atoms with Gasteiger partial charge in [0.25, 0.3) is 0 Å². The topological polar surface area (TPSA) is 58.6 Å². The van der Waals surface area contributed by atoms with Gasteiger partial charge in [0.15, 0.2) is 0 Å². The summed E-state index contributed by atoms with van der Waals surface area (Å²) >= 11 is 3.45. The average molecular weight is 397 g/mol. The fourth-order valence-corrected chi connectivity index (χ4v) is 2.91. The highest BCUT2D eigenvalue weighted by Gasteiger charge is 2.34. The van der Waals surface area contributed by atoms with E-state index in [1.807, 2.05) is 39.8 Å². The molecule has 0 radical (unpaired) electrons. The van der Waals surface area contributed by atoms with Gasteiger partial charge >= 0.3 is 6.09 Å². The monoisotopic (exact) mass is 396 g/mol. The van der Waals surface area contributed by atoms with Crippen LogP contribution >= 0.6 is 15.9 Å². The van der Waals surface area contributed by atoms with E-state index in [1.165, 1.54) is 11.1 Å². The molecule has 1 saturated heterocycles. The number of nitrogens with zero attached hydrogens (tertiary/aromatic N) is 1. The third kappa shape index (κ3) is 5.51. The van der Waals surface area contributed by atoms with E-state index in [0.29, 0.717) is 25.9 Å². The fraction of sp³-hybridized carbons (Fsp3) is 0.556. The first-order chi connectivity index (χ1) is 11.1. The number of rotatable bonds is 4. The van der Waals surface area contributed by atoms with E-state index in [2.05, 4.69) is 27.3 Å². The highest BCUT2D eigenvalue weighted by molar-refractivity contribution is 9.10. The lowest BCUT2D eigenvalue weighted by Gasteiger charge is -2.40. The third-order valence-corrected chi connectivity index (χ3v) is 4.32. The van der Waals surface area contributed by atoms with Crippen molar-refractivity contribution < 1.29 is 14.3 Å². The van der Waals surface area contributed by atoms with Gasteiger partial charge in [-0.15, -0.1) is 0 Å². The quantitative estimate of drug-likeness (QED) is 0.847. The second-order valence-corrected chi connectivity index (χ2v) is 8.14. The molecule has 1 aliphatic heterocycles. The van der Waals surface area contributed by atoms with Gasteiger partial charge in [-0.25, -0.2) is 4.79 Å². The molecule has 132 valence electrons. The maximum atomic E-state index is 12.1. The summed E-state index contributed by atoms with van der Waals surface area (Å²) in [5.74, 6) is 0.0169. The van der Waals surface area contributed by atoms with Crippen LogP contribution in [0.2, 0.25) is 0 Å². The van der Waals surface area contributed by atoms with E-state index in [4.69, 9.17) is 4.74 Å². The largest absolute Gasteiger partial charge is 0.444 e. The number of hydrogen-bond donors (Lipinski definition) is 1. The molecule has 0 spiro atoms. The zero-order valence-corrected chi connectivity index (χ0v) is 16.3. The predicted molar refractivity (Wildman–Crippen MR) is 96.9 cm³/mol. The number of likely N-dealkylation sites (tertiary alicyclic amines) is 1. The van der Waals surface area contributed by atoms with Crippen molar-refractivity contribution in [2.24, 2.45) is 0 Å². The molecule has 1 fully saturated rings. The van der Waals surface area contributed by atoms with Crippen LogP contribution in [0.3, 0.4) is 0 Å². The van der Waals surface area contributed by atoms with Crippen LogP contribution in [0.15, 0.2) is 22.7 Å². The first-order valence-corrected chi connectivity index (χ1v) is 8.95. The summed E-state index contributed by atoms with van der Waals surface area (Å²) in [6.45, 7) is 8.59. The van der Waals surface area contributed by atoms with Crippen molar-refractivity contribution in [3.05, 3.63) is 33.8 Å². The smallest absolute Gasteiger partial charge is 0.410 e. The number of benzene rings is 1. The molecule has 0 atom stereocenters. The number of aryl methyl sites for hydroxylation is 2. The maximum absolute atomic E-state index is 12.1. The van der Waals surface area contributed by atoms with Crippen LogP contribution in [-0.4, -0.2) is 41.6 Å². The minimum atomic E-state index is -0.493. The molecular weight excluding hydrogens is 372 g/mol. The number of hydrogen-bond acceptors (Lipinski definition) is 3. The van der Waals surface area contributed by atoms with Crippen LogP contribution in [0.1, 0.15) is 38.3 Å². The number of nitrogens with one attached hydrogen (secondary N) is 1. The van der Waals surface area contributed by atoms with Crippen LogP contribution in [0.5, 0.6) is 0 Å². The van der Waals surface area contributed by atoms with E-state index in [0.717, 1.165) is 4.47 Å². The molecule has 0 aromatic heterocycles. The van der Waals surface area contributed by atoms with Gasteiger partial charge in [0.1, 0.15) is 5.60 Å². The summed E-state index contributed by atoms with van der Waals surface area (Å²) in [5.41, 5.74) is 1.86. The van der Waals surface area contributed by atoms with Crippen LogP contribution in [0.25, 0.3) is 0 Å². The molecule has 1 aromatic carbocycles. The van der Waals surface area contributed by atoms with Gasteiger partial charge < -0.3 is 15.0 Å². The highest BCUT2D eigenvalue weighted by atomic mass is 79.9. The summed E-state index contributed by atoms with van der Waals surface area (Å²) in [6.07, 6.45) is 0.831. The van der Waals surface area contributed by atoms with E-state index >= 15 is 0 Å². The molecule has 0 aliphatic carbocycles. The number of carbonyl (C=O) groups is 2. The van der Waals surface area contributed by atoms with E-state index in [9.17, 15) is 9.59 Å². The summed E-state index contributed by atoms with van der Waals surface area (Å²) in [6, 6.07) is 6.12. The second-order valence-electron chi connectivity index (χ2n) is 7.22. The van der Waals surface area contributed by atoms with Gasteiger partial charge in [-0.1, -0.05) is 22.0 Å². The molecule has 1 N–H and O–H groups in total. The Hall–Kier alpha value is -1.56. The minimum Gasteiger partial charge on any atom is -0.444 e. The van der Waals surface area contributed by atoms with Crippen LogP contribution in [0, 0.1) is 6.92 Å².